The highest BCUT2D eigenvalue weighted by molar-refractivity contribution is 7.14. The first-order valence-electron chi connectivity index (χ1n) is 7.14. The average molecular weight is 328 g/mol. The molecule has 1 aromatic carbocycles. The van der Waals surface area contributed by atoms with Gasteiger partial charge in [-0.05, 0) is 23.4 Å². The summed E-state index contributed by atoms with van der Waals surface area (Å²) in [7, 11) is 0. The molecule has 1 atom stereocenters. The lowest BCUT2D eigenvalue weighted by molar-refractivity contribution is -0.149. The molecule has 0 radical (unpaired) electrons. The van der Waals surface area contributed by atoms with Gasteiger partial charge in [-0.15, -0.1) is 11.3 Å². The van der Waals surface area contributed by atoms with E-state index >= 15 is 0 Å². The van der Waals surface area contributed by atoms with Gasteiger partial charge in [-0.25, -0.2) is 0 Å². The molecule has 118 valence electrons. The number of carbonyl (C=O) groups is 2. The molecule has 0 saturated carbocycles. The fourth-order valence-electron chi connectivity index (χ4n) is 2.12. The maximum Gasteiger partial charge on any atom is 0.313 e. The zero-order valence-corrected chi connectivity index (χ0v) is 13.4. The summed E-state index contributed by atoms with van der Waals surface area (Å²) in [5, 5.41) is 13.6. The summed E-state index contributed by atoms with van der Waals surface area (Å²) in [6.07, 6.45) is 0.591. The van der Waals surface area contributed by atoms with Crippen molar-refractivity contribution in [3.05, 3.63) is 52.9 Å². The molecule has 0 saturated heterocycles. The summed E-state index contributed by atoms with van der Waals surface area (Å²) in [6, 6.07) is 12.9. The van der Waals surface area contributed by atoms with Crippen LogP contribution in [0, 0.1) is 11.3 Å². The van der Waals surface area contributed by atoms with Gasteiger partial charge in [-0.3, -0.25) is 9.59 Å². The van der Waals surface area contributed by atoms with Crippen LogP contribution in [0.15, 0.2) is 41.8 Å². The molecule has 1 amide bonds. The van der Waals surface area contributed by atoms with Crippen molar-refractivity contribution < 1.29 is 14.3 Å². The van der Waals surface area contributed by atoms with Crippen LogP contribution in [-0.2, 0) is 14.3 Å². The second-order valence-corrected chi connectivity index (χ2v) is 5.72. The van der Waals surface area contributed by atoms with Crippen LogP contribution in [0.3, 0.4) is 0 Å². The zero-order valence-electron chi connectivity index (χ0n) is 12.6. The number of hydrogen-bond donors (Lipinski definition) is 1. The SMILES string of the molecule is CCC(C(=O)OCC(=O)Nc1sccc1C#N)c1ccccc1. The summed E-state index contributed by atoms with van der Waals surface area (Å²) in [5.74, 6) is -1.28. The lowest BCUT2D eigenvalue weighted by Gasteiger charge is -2.14. The van der Waals surface area contributed by atoms with Crippen molar-refractivity contribution in [3.63, 3.8) is 0 Å². The minimum atomic E-state index is -0.458. The van der Waals surface area contributed by atoms with Crippen molar-refractivity contribution in [3.8, 4) is 6.07 Å². The molecule has 2 aromatic rings. The van der Waals surface area contributed by atoms with Gasteiger partial charge < -0.3 is 10.1 Å². The monoisotopic (exact) mass is 328 g/mol. The van der Waals surface area contributed by atoms with Gasteiger partial charge in [0, 0.05) is 0 Å². The van der Waals surface area contributed by atoms with Crippen LogP contribution in [0.1, 0.15) is 30.4 Å². The molecule has 0 spiro atoms. The Kier molecular flexibility index (Phi) is 5.89. The first-order chi connectivity index (χ1) is 11.2. The van der Waals surface area contributed by atoms with Gasteiger partial charge in [-0.1, -0.05) is 37.3 Å². The van der Waals surface area contributed by atoms with E-state index in [1.54, 1.807) is 11.4 Å². The Morgan fingerprint density at radius 1 is 1.30 bits per heavy atom. The molecule has 0 aliphatic rings. The van der Waals surface area contributed by atoms with Crippen LogP contribution >= 0.6 is 11.3 Å². The summed E-state index contributed by atoms with van der Waals surface area (Å²) in [4.78, 5) is 24.0. The van der Waals surface area contributed by atoms with Gasteiger partial charge in [-0.2, -0.15) is 5.26 Å². The van der Waals surface area contributed by atoms with Gasteiger partial charge in [0.05, 0.1) is 11.5 Å². The van der Waals surface area contributed by atoms with Crippen molar-refractivity contribution in [2.45, 2.75) is 19.3 Å². The van der Waals surface area contributed by atoms with E-state index in [9.17, 15) is 9.59 Å². The van der Waals surface area contributed by atoms with E-state index in [4.69, 9.17) is 10.00 Å². The number of benzene rings is 1. The Morgan fingerprint density at radius 3 is 2.70 bits per heavy atom. The third-order valence-corrected chi connectivity index (χ3v) is 4.11. The topological polar surface area (TPSA) is 79.2 Å². The zero-order chi connectivity index (χ0) is 16.7. The molecule has 1 unspecified atom stereocenters. The van der Waals surface area contributed by atoms with E-state index in [1.165, 1.54) is 11.3 Å². The number of hydrogen-bond acceptors (Lipinski definition) is 5. The first kappa shape index (κ1) is 16.7. The smallest absolute Gasteiger partial charge is 0.313 e. The van der Waals surface area contributed by atoms with Crippen molar-refractivity contribution in [1.29, 1.82) is 5.26 Å². The van der Waals surface area contributed by atoms with E-state index in [0.29, 0.717) is 17.0 Å². The molecule has 0 aliphatic heterocycles. The number of carbonyl (C=O) groups excluding carboxylic acids is 2. The highest BCUT2D eigenvalue weighted by atomic mass is 32.1. The Bertz CT molecular complexity index is 719. The van der Waals surface area contributed by atoms with Crippen LogP contribution in [-0.4, -0.2) is 18.5 Å². The van der Waals surface area contributed by atoms with Gasteiger partial charge in [0.1, 0.15) is 11.1 Å². The molecular formula is C17H16N2O3S. The first-order valence-corrected chi connectivity index (χ1v) is 8.02. The Morgan fingerprint density at radius 2 is 2.04 bits per heavy atom. The van der Waals surface area contributed by atoms with Crippen molar-refractivity contribution >= 4 is 28.2 Å². The molecule has 6 heteroatoms. The molecule has 1 N–H and O–H groups in total. The summed E-state index contributed by atoms with van der Waals surface area (Å²) in [6.45, 7) is 1.52. The molecule has 1 aromatic heterocycles. The van der Waals surface area contributed by atoms with Crippen molar-refractivity contribution in [1.82, 2.24) is 0 Å². The van der Waals surface area contributed by atoms with E-state index in [2.05, 4.69) is 5.32 Å². The number of nitrogens with zero attached hydrogens (tertiary/aromatic N) is 1. The summed E-state index contributed by atoms with van der Waals surface area (Å²) < 4.78 is 5.10. The lowest BCUT2D eigenvalue weighted by atomic mass is 9.97. The number of amides is 1. The highest BCUT2D eigenvalue weighted by Gasteiger charge is 2.21. The van der Waals surface area contributed by atoms with E-state index in [1.807, 2.05) is 43.3 Å². The Labute approximate surface area is 138 Å². The molecule has 23 heavy (non-hydrogen) atoms. The predicted octanol–water partition coefficient (Wildman–Crippen LogP) is 3.30. The quantitative estimate of drug-likeness (QED) is 0.825. The number of nitrogens with one attached hydrogen (secondary N) is 1. The molecule has 0 bridgehead atoms. The summed E-state index contributed by atoms with van der Waals surface area (Å²) >= 11 is 1.25. The van der Waals surface area contributed by atoms with E-state index in [-0.39, 0.29) is 12.5 Å². The third kappa shape index (κ3) is 4.41. The normalized spacial score (nSPS) is 11.3. The molecule has 2 rings (SSSR count). The standard InChI is InChI=1S/C17H16N2O3S/c1-2-14(12-6-4-3-5-7-12)17(21)22-11-15(20)19-16-13(10-18)8-9-23-16/h3-9,14H,2,11H2,1H3,(H,19,20). The molecule has 0 aliphatic carbocycles. The van der Waals surface area contributed by atoms with Crippen molar-refractivity contribution in [2.24, 2.45) is 0 Å². The van der Waals surface area contributed by atoms with Gasteiger partial charge in [0.2, 0.25) is 0 Å². The van der Waals surface area contributed by atoms with Crippen LogP contribution in [0.25, 0.3) is 0 Å². The number of rotatable bonds is 6. The average Bonchev–Trinajstić information content (AvgIpc) is 3.01. The fourth-order valence-corrected chi connectivity index (χ4v) is 2.87. The largest absolute Gasteiger partial charge is 0.455 e. The molecule has 5 nitrogen and oxygen atoms in total. The maximum absolute atomic E-state index is 12.2. The number of anilines is 1. The third-order valence-electron chi connectivity index (χ3n) is 3.28. The number of esters is 1. The van der Waals surface area contributed by atoms with Crippen LogP contribution < -0.4 is 5.32 Å². The second kappa shape index (κ2) is 8.11. The Balaban J connectivity index is 1.91. The lowest BCUT2D eigenvalue weighted by Crippen LogP contribution is -2.23. The van der Waals surface area contributed by atoms with Crippen LogP contribution in [0.4, 0.5) is 5.00 Å². The Hall–Kier alpha value is -2.65. The van der Waals surface area contributed by atoms with E-state index in [0.717, 1.165) is 5.56 Å². The van der Waals surface area contributed by atoms with Crippen LogP contribution in [0.5, 0.6) is 0 Å². The molecule has 1 heterocycles. The van der Waals surface area contributed by atoms with E-state index < -0.39 is 11.9 Å². The number of ether oxygens (including phenoxy) is 1. The molecular weight excluding hydrogens is 312 g/mol. The van der Waals surface area contributed by atoms with Gasteiger partial charge >= 0.3 is 5.97 Å². The maximum atomic E-state index is 12.2. The van der Waals surface area contributed by atoms with Crippen molar-refractivity contribution in [2.75, 3.05) is 11.9 Å². The number of thiophene rings is 1. The number of nitriles is 1. The van der Waals surface area contributed by atoms with Crippen LogP contribution in [0.2, 0.25) is 0 Å². The highest BCUT2D eigenvalue weighted by Crippen LogP contribution is 2.23. The second-order valence-electron chi connectivity index (χ2n) is 4.80. The fraction of sp³-hybridized carbons (Fsp3) is 0.235. The minimum absolute atomic E-state index is 0.370. The van der Waals surface area contributed by atoms with Gasteiger partial charge in [0.25, 0.3) is 5.91 Å². The van der Waals surface area contributed by atoms with Gasteiger partial charge in [0.15, 0.2) is 6.61 Å². The minimum Gasteiger partial charge on any atom is -0.455 e. The predicted molar refractivity (Wildman–Crippen MR) is 88.1 cm³/mol. The summed E-state index contributed by atoms with van der Waals surface area (Å²) in [5.41, 5.74) is 1.26. The molecule has 0 fully saturated rings.